The van der Waals surface area contributed by atoms with Crippen molar-refractivity contribution in [1.82, 2.24) is 24.1 Å². The molecule has 0 unspecified atom stereocenters. The summed E-state index contributed by atoms with van der Waals surface area (Å²) in [5, 5.41) is 12.2. The maximum absolute atomic E-state index is 13.1. The Balaban J connectivity index is 2.32. The third-order valence-corrected chi connectivity index (χ3v) is 4.63. The molecule has 142 valence electrons. The molecule has 0 fully saturated rings. The molecule has 1 N–H and O–H groups in total. The van der Waals surface area contributed by atoms with E-state index in [1.54, 1.807) is 0 Å². The topological polar surface area (TPSA) is 82.1 Å². The standard InChI is InChI=1S/C20H26N6O/c1-12(2)17-18(23-19-15(8-21)9-22-26(19)20(17)27)14-7-16(11-24(5)6)25(10-14)13(3)4/h7,9-10,12-13,22H,11H2,1-6H3. The molecule has 0 spiro atoms. The van der Waals surface area contributed by atoms with Gasteiger partial charge in [0.2, 0.25) is 0 Å². The van der Waals surface area contributed by atoms with Crippen LogP contribution in [0, 0.1) is 11.3 Å². The minimum Gasteiger partial charge on any atom is -0.347 e. The van der Waals surface area contributed by atoms with Crippen molar-refractivity contribution in [2.24, 2.45) is 0 Å². The van der Waals surface area contributed by atoms with E-state index in [1.807, 2.05) is 27.9 Å². The van der Waals surface area contributed by atoms with Crippen LogP contribution in [-0.2, 0) is 6.54 Å². The lowest BCUT2D eigenvalue weighted by molar-refractivity contribution is 0.382. The Morgan fingerprint density at radius 2 is 2.00 bits per heavy atom. The third-order valence-electron chi connectivity index (χ3n) is 4.63. The second-order valence-corrected chi connectivity index (χ2v) is 7.75. The Labute approximate surface area is 158 Å². The van der Waals surface area contributed by atoms with Crippen LogP contribution in [0.5, 0.6) is 0 Å². The highest BCUT2D eigenvalue weighted by Crippen LogP contribution is 2.29. The van der Waals surface area contributed by atoms with Crippen LogP contribution < -0.4 is 5.56 Å². The van der Waals surface area contributed by atoms with Gasteiger partial charge < -0.3 is 9.47 Å². The molecule has 0 atom stereocenters. The number of aromatic nitrogens is 4. The van der Waals surface area contributed by atoms with Crippen molar-refractivity contribution >= 4 is 5.65 Å². The number of hydrogen-bond acceptors (Lipinski definition) is 4. The number of nitrogens with zero attached hydrogens (tertiary/aromatic N) is 5. The Bertz CT molecular complexity index is 1070. The number of fused-ring (bicyclic) bond motifs is 1. The van der Waals surface area contributed by atoms with Gasteiger partial charge in [0.05, 0.1) is 5.69 Å². The molecule has 0 saturated carbocycles. The number of nitriles is 1. The van der Waals surface area contributed by atoms with Crippen LogP contribution >= 0.6 is 0 Å². The van der Waals surface area contributed by atoms with Gasteiger partial charge in [0.25, 0.3) is 5.56 Å². The molecule has 3 aromatic rings. The van der Waals surface area contributed by atoms with Crippen LogP contribution in [0.15, 0.2) is 23.3 Å². The fourth-order valence-corrected chi connectivity index (χ4v) is 3.44. The van der Waals surface area contributed by atoms with Gasteiger partial charge in [-0.25, -0.2) is 9.50 Å². The summed E-state index contributed by atoms with van der Waals surface area (Å²) in [6, 6.07) is 4.49. The zero-order valence-electron chi connectivity index (χ0n) is 16.7. The van der Waals surface area contributed by atoms with Crippen molar-refractivity contribution in [1.29, 1.82) is 5.26 Å². The van der Waals surface area contributed by atoms with Crippen molar-refractivity contribution in [2.75, 3.05) is 14.1 Å². The minimum absolute atomic E-state index is 0.00503. The maximum Gasteiger partial charge on any atom is 0.276 e. The van der Waals surface area contributed by atoms with E-state index >= 15 is 0 Å². The highest BCUT2D eigenvalue weighted by molar-refractivity contribution is 5.68. The van der Waals surface area contributed by atoms with Gasteiger partial charge in [-0.15, -0.1) is 0 Å². The van der Waals surface area contributed by atoms with E-state index in [4.69, 9.17) is 4.98 Å². The van der Waals surface area contributed by atoms with Crippen LogP contribution in [-0.4, -0.2) is 38.2 Å². The predicted molar refractivity (Wildman–Crippen MR) is 106 cm³/mol. The molecule has 0 aromatic carbocycles. The normalized spacial score (nSPS) is 11.9. The number of nitrogens with one attached hydrogen (secondary N) is 1. The van der Waals surface area contributed by atoms with Crippen LogP contribution in [0.3, 0.4) is 0 Å². The quantitative estimate of drug-likeness (QED) is 0.752. The second kappa shape index (κ2) is 7.05. The molecule has 7 nitrogen and oxygen atoms in total. The molecule has 27 heavy (non-hydrogen) atoms. The lowest BCUT2D eigenvalue weighted by Gasteiger charge is -2.15. The molecule has 0 aliphatic heterocycles. The van der Waals surface area contributed by atoms with Gasteiger partial charge in [-0.05, 0) is 39.9 Å². The summed E-state index contributed by atoms with van der Waals surface area (Å²) in [5.41, 5.74) is 3.96. The first-order valence-electron chi connectivity index (χ1n) is 9.14. The monoisotopic (exact) mass is 366 g/mol. The maximum atomic E-state index is 13.1. The molecule has 3 heterocycles. The number of rotatable bonds is 5. The molecule has 7 heteroatoms. The summed E-state index contributed by atoms with van der Waals surface area (Å²) in [5.74, 6) is 0.00503. The lowest BCUT2D eigenvalue weighted by Crippen LogP contribution is -2.22. The van der Waals surface area contributed by atoms with E-state index in [0.717, 1.165) is 17.8 Å². The van der Waals surface area contributed by atoms with Crippen molar-refractivity contribution in [3.8, 4) is 17.3 Å². The highest BCUT2D eigenvalue weighted by atomic mass is 16.1. The van der Waals surface area contributed by atoms with Gasteiger partial charge in [-0.1, -0.05) is 13.8 Å². The zero-order chi connectivity index (χ0) is 19.9. The van der Waals surface area contributed by atoms with Gasteiger partial charge in [0, 0.05) is 41.8 Å². The molecule has 0 radical (unpaired) electrons. The highest BCUT2D eigenvalue weighted by Gasteiger charge is 2.22. The summed E-state index contributed by atoms with van der Waals surface area (Å²) >= 11 is 0. The lowest BCUT2D eigenvalue weighted by atomic mass is 9.99. The molecular weight excluding hydrogens is 340 g/mol. The Morgan fingerprint density at radius 3 is 2.56 bits per heavy atom. The third kappa shape index (κ3) is 3.28. The summed E-state index contributed by atoms with van der Waals surface area (Å²) < 4.78 is 3.57. The molecule has 3 rings (SSSR count). The largest absolute Gasteiger partial charge is 0.347 e. The zero-order valence-corrected chi connectivity index (χ0v) is 16.7. The first kappa shape index (κ1) is 18.9. The smallest absolute Gasteiger partial charge is 0.276 e. The second-order valence-electron chi connectivity index (χ2n) is 7.75. The summed E-state index contributed by atoms with van der Waals surface area (Å²) in [6.07, 6.45) is 3.58. The fraction of sp³-hybridized carbons (Fsp3) is 0.450. The number of H-pyrrole nitrogens is 1. The molecule has 0 aliphatic rings. The van der Waals surface area contributed by atoms with Crippen molar-refractivity contribution in [2.45, 2.75) is 46.2 Å². The SMILES string of the molecule is CC(C)c1c(-c2cc(CN(C)C)n(C(C)C)c2)nc2c(C#N)c[nH]n2c1=O. The molecule has 0 saturated heterocycles. The van der Waals surface area contributed by atoms with Crippen molar-refractivity contribution < 1.29 is 0 Å². The van der Waals surface area contributed by atoms with Crippen LogP contribution in [0.25, 0.3) is 16.9 Å². The van der Waals surface area contributed by atoms with E-state index in [1.165, 1.54) is 10.7 Å². The van der Waals surface area contributed by atoms with E-state index in [9.17, 15) is 10.1 Å². The van der Waals surface area contributed by atoms with Gasteiger partial charge in [-0.2, -0.15) is 5.26 Å². The molecule has 0 aliphatic carbocycles. The minimum atomic E-state index is -0.155. The fourth-order valence-electron chi connectivity index (χ4n) is 3.44. The Hall–Kier alpha value is -2.85. The first-order valence-corrected chi connectivity index (χ1v) is 9.14. The van der Waals surface area contributed by atoms with E-state index in [0.29, 0.717) is 28.5 Å². The number of aromatic amines is 1. The summed E-state index contributed by atoms with van der Waals surface area (Å²) in [7, 11) is 4.07. The van der Waals surface area contributed by atoms with Gasteiger partial charge in [0.1, 0.15) is 11.6 Å². The van der Waals surface area contributed by atoms with Gasteiger partial charge >= 0.3 is 0 Å². The van der Waals surface area contributed by atoms with Crippen molar-refractivity contribution in [3.05, 3.63) is 45.6 Å². The molecule has 0 amide bonds. The Morgan fingerprint density at radius 1 is 1.30 bits per heavy atom. The Kier molecular flexibility index (Phi) is 4.94. The number of hydrogen-bond donors (Lipinski definition) is 1. The average molecular weight is 366 g/mol. The average Bonchev–Trinajstić information content (AvgIpc) is 3.17. The summed E-state index contributed by atoms with van der Waals surface area (Å²) in [4.78, 5) is 19.9. The molecule has 3 aromatic heterocycles. The van der Waals surface area contributed by atoms with Crippen molar-refractivity contribution in [3.63, 3.8) is 0 Å². The van der Waals surface area contributed by atoms with Gasteiger partial charge in [-0.3, -0.25) is 9.89 Å². The molecular formula is C20H26N6O. The first-order chi connectivity index (χ1) is 12.7. The molecule has 0 bridgehead atoms. The van der Waals surface area contributed by atoms with Crippen LogP contribution in [0.1, 0.15) is 56.5 Å². The van der Waals surface area contributed by atoms with Crippen LogP contribution in [0.4, 0.5) is 0 Å². The van der Waals surface area contributed by atoms with E-state index < -0.39 is 0 Å². The van der Waals surface area contributed by atoms with Crippen LogP contribution in [0.2, 0.25) is 0 Å². The van der Waals surface area contributed by atoms with E-state index in [-0.39, 0.29) is 11.5 Å². The van der Waals surface area contributed by atoms with Gasteiger partial charge in [0.15, 0.2) is 5.65 Å². The summed E-state index contributed by atoms with van der Waals surface area (Å²) in [6.45, 7) is 9.05. The predicted octanol–water partition coefficient (Wildman–Crippen LogP) is 3.13. The van der Waals surface area contributed by atoms with E-state index in [2.05, 4.69) is 46.7 Å².